The van der Waals surface area contributed by atoms with Crippen LogP contribution in [0.2, 0.25) is 0 Å². The summed E-state index contributed by atoms with van der Waals surface area (Å²) in [5.74, 6) is 0. The molecule has 3 aliphatic rings. The molecule has 2 nitrogen and oxygen atoms in total. The van der Waals surface area contributed by atoms with Gasteiger partial charge in [-0.2, -0.15) is 5.06 Å². The van der Waals surface area contributed by atoms with Gasteiger partial charge in [-0.25, -0.2) is 0 Å². The van der Waals surface area contributed by atoms with Crippen molar-refractivity contribution in [2.75, 3.05) is 6.54 Å². The summed E-state index contributed by atoms with van der Waals surface area (Å²) in [6, 6.07) is 0. The molecule has 62 valence electrons. The summed E-state index contributed by atoms with van der Waals surface area (Å²) < 4.78 is 0. The Kier molecular flexibility index (Phi) is 0.961. The third-order valence-corrected chi connectivity index (χ3v) is 3.49. The second kappa shape index (κ2) is 1.64. The average Bonchev–Trinajstić information content (AvgIpc) is 2.47. The normalized spacial score (nSPS) is 46.6. The molecule has 0 aromatic heterocycles. The first-order chi connectivity index (χ1) is 5.23. The monoisotopic (exact) mass is 153 g/mol. The lowest BCUT2D eigenvalue weighted by Gasteiger charge is -2.23. The Bertz CT molecular complexity index is 200. The summed E-state index contributed by atoms with van der Waals surface area (Å²) >= 11 is 0. The predicted octanol–water partition coefficient (Wildman–Crippen LogP) is 1.71. The van der Waals surface area contributed by atoms with Crippen LogP contribution in [0.3, 0.4) is 0 Å². The van der Waals surface area contributed by atoms with E-state index in [-0.39, 0.29) is 0 Å². The van der Waals surface area contributed by atoms with Gasteiger partial charge in [-0.1, -0.05) is 0 Å². The van der Waals surface area contributed by atoms with E-state index in [1.165, 1.54) is 32.1 Å². The number of rotatable bonds is 0. The molecule has 0 amide bonds. The SMILES string of the molecule is C[C@]12CCCN1OC1(CC1)C2. The predicted molar refractivity (Wildman–Crippen MR) is 42.0 cm³/mol. The van der Waals surface area contributed by atoms with Crippen LogP contribution in [0.1, 0.15) is 39.0 Å². The molecule has 2 saturated heterocycles. The lowest BCUT2D eigenvalue weighted by atomic mass is 9.93. The lowest BCUT2D eigenvalue weighted by Crippen LogP contribution is -2.33. The van der Waals surface area contributed by atoms with Gasteiger partial charge >= 0.3 is 0 Å². The Labute approximate surface area is 67.5 Å². The fourth-order valence-electron chi connectivity index (χ4n) is 2.70. The molecule has 0 N–H and O–H groups in total. The molecule has 0 radical (unpaired) electrons. The zero-order valence-electron chi connectivity index (χ0n) is 7.10. The molecule has 0 unspecified atom stereocenters. The van der Waals surface area contributed by atoms with Crippen molar-refractivity contribution >= 4 is 0 Å². The summed E-state index contributed by atoms with van der Waals surface area (Å²) in [5, 5.41) is 2.25. The molecule has 11 heavy (non-hydrogen) atoms. The molecule has 0 bridgehead atoms. The van der Waals surface area contributed by atoms with Crippen molar-refractivity contribution in [2.45, 2.75) is 50.2 Å². The van der Waals surface area contributed by atoms with E-state index in [4.69, 9.17) is 4.84 Å². The summed E-state index contributed by atoms with van der Waals surface area (Å²) in [7, 11) is 0. The van der Waals surface area contributed by atoms with Crippen LogP contribution in [0.4, 0.5) is 0 Å². The van der Waals surface area contributed by atoms with E-state index in [2.05, 4.69) is 12.0 Å². The molecular weight excluding hydrogens is 138 g/mol. The average molecular weight is 153 g/mol. The van der Waals surface area contributed by atoms with Crippen molar-refractivity contribution in [1.29, 1.82) is 0 Å². The van der Waals surface area contributed by atoms with E-state index in [1.807, 2.05) is 0 Å². The number of hydrogen-bond donors (Lipinski definition) is 0. The summed E-state index contributed by atoms with van der Waals surface area (Å²) in [4.78, 5) is 5.92. The van der Waals surface area contributed by atoms with Crippen molar-refractivity contribution in [3.05, 3.63) is 0 Å². The van der Waals surface area contributed by atoms with E-state index >= 15 is 0 Å². The Hall–Kier alpha value is -0.0800. The molecule has 0 aromatic carbocycles. The van der Waals surface area contributed by atoms with Gasteiger partial charge in [0.1, 0.15) is 0 Å². The Morgan fingerprint density at radius 1 is 1.27 bits per heavy atom. The van der Waals surface area contributed by atoms with E-state index in [9.17, 15) is 0 Å². The molecule has 3 rings (SSSR count). The third-order valence-electron chi connectivity index (χ3n) is 3.49. The first-order valence-corrected chi connectivity index (χ1v) is 4.69. The molecule has 3 fully saturated rings. The maximum Gasteiger partial charge on any atom is 0.0920 e. The van der Waals surface area contributed by atoms with Crippen LogP contribution in [0.15, 0.2) is 0 Å². The number of hydrogen-bond acceptors (Lipinski definition) is 2. The minimum absolute atomic E-state index is 0.329. The number of fused-ring (bicyclic) bond motifs is 1. The third kappa shape index (κ3) is 0.744. The van der Waals surface area contributed by atoms with E-state index in [0.29, 0.717) is 11.1 Å². The van der Waals surface area contributed by atoms with Crippen LogP contribution < -0.4 is 0 Å². The van der Waals surface area contributed by atoms with Crippen LogP contribution in [-0.2, 0) is 4.84 Å². The largest absolute Gasteiger partial charge is 0.292 e. The van der Waals surface area contributed by atoms with Gasteiger partial charge < -0.3 is 0 Å². The van der Waals surface area contributed by atoms with Gasteiger partial charge in [0.25, 0.3) is 0 Å². The first-order valence-electron chi connectivity index (χ1n) is 4.69. The summed E-state index contributed by atoms with van der Waals surface area (Å²) in [5.41, 5.74) is 0.742. The molecule has 1 aliphatic carbocycles. The van der Waals surface area contributed by atoms with Gasteiger partial charge in [-0.15, -0.1) is 0 Å². The van der Waals surface area contributed by atoms with E-state index < -0.39 is 0 Å². The Morgan fingerprint density at radius 3 is 2.73 bits per heavy atom. The molecular formula is C9H15NO. The van der Waals surface area contributed by atoms with Crippen LogP contribution in [0, 0.1) is 0 Å². The van der Waals surface area contributed by atoms with Crippen molar-refractivity contribution in [2.24, 2.45) is 0 Å². The highest BCUT2D eigenvalue weighted by atomic mass is 16.7. The van der Waals surface area contributed by atoms with Gasteiger partial charge in [-0.05, 0) is 39.0 Å². The van der Waals surface area contributed by atoms with Crippen molar-refractivity contribution < 1.29 is 4.84 Å². The van der Waals surface area contributed by atoms with Crippen molar-refractivity contribution in [1.82, 2.24) is 5.06 Å². The molecule has 0 aromatic rings. The first kappa shape index (κ1) is 6.44. The van der Waals surface area contributed by atoms with Gasteiger partial charge in [0.2, 0.25) is 0 Å². The minimum Gasteiger partial charge on any atom is -0.292 e. The summed E-state index contributed by atoms with van der Waals surface area (Å²) in [6.07, 6.45) is 6.57. The highest BCUT2D eigenvalue weighted by Gasteiger charge is 2.60. The fraction of sp³-hybridized carbons (Fsp3) is 1.00. The van der Waals surface area contributed by atoms with Crippen LogP contribution in [-0.4, -0.2) is 22.7 Å². The smallest absolute Gasteiger partial charge is 0.0920 e. The maximum absolute atomic E-state index is 5.92. The topological polar surface area (TPSA) is 12.5 Å². The second-order valence-electron chi connectivity index (χ2n) is 4.65. The Balaban J connectivity index is 1.90. The van der Waals surface area contributed by atoms with Crippen molar-refractivity contribution in [3.8, 4) is 0 Å². The molecule has 2 heteroatoms. The van der Waals surface area contributed by atoms with Crippen LogP contribution in [0.5, 0.6) is 0 Å². The van der Waals surface area contributed by atoms with Crippen molar-refractivity contribution in [3.63, 3.8) is 0 Å². The maximum atomic E-state index is 5.92. The van der Waals surface area contributed by atoms with E-state index in [1.54, 1.807) is 0 Å². The molecule has 1 saturated carbocycles. The zero-order valence-corrected chi connectivity index (χ0v) is 7.10. The summed E-state index contributed by atoms with van der Waals surface area (Å²) in [6.45, 7) is 3.52. The van der Waals surface area contributed by atoms with Gasteiger partial charge in [0.15, 0.2) is 0 Å². The minimum atomic E-state index is 0.329. The Morgan fingerprint density at radius 2 is 2.09 bits per heavy atom. The number of hydroxylamine groups is 2. The highest BCUT2D eigenvalue weighted by Crippen LogP contribution is 2.56. The van der Waals surface area contributed by atoms with Crippen LogP contribution >= 0.6 is 0 Å². The van der Waals surface area contributed by atoms with E-state index in [0.717, 1.165) is 6.54 Å². The fourth-order valence-corrected chi connectivity index (χ4v) is 2.70. The molecule has 2 heterocycles. The van der Waals surface area contributed by atoms with Gasteiger partial charge in [-0.3, -0.25) is 4.84 Å². The number of nitrogens with zero attached hydrogens (tertiary/aromatic N) is 1. The molecule has 1 atom stereocenters. The highest BCUT2D eigenvalue weighted by molar-refractivity contribution is 5.08. The second-order valence-corrected chi connectivity index (χ2v) is 4.65. The zero-order chi connectivity index (χ0) is 7.53. The molecule has 1 spiro atoms. The lowest BCUT2D eigenvalue weighted by molar-refractivity contribution is -0.175. The molecule has 2 aliphatic heterocycles. The quantitative estimate of drug-likeness (QED) is 0.525. The van der Waals surface area contributed by atoms with Gasteiger partial charge in [0.05, 0.1) is 5.60 Å². The van der Waals surface area contributed by atoms with Crippen LogP contribution in [0.25, 0.3) is 0 Å². The van der Waals surface area contributed by atoms with Gasteiger partial charge in [0, 0.05) is 12.1 Å². The standard InChI is InChI=1S/C9H15NO/c1-8-3-2-6-10(8)11-9(7-8)4-5-9/h2-7H2,1H3/t8-/m1/s1.